The third kappa shape index (κ3) is 5.33. The fraction of sp³-hybridized carbons (Fsp3) is 0.316. The van der Waals surface area contributed by atoms with Gasteiger partial charge in [0.15, 0.2) is 5.75 Å². The number of hydrogen-bond donors (Lipinski definition) is 1. The fourth-order valence-corrected chi connectivity index (χ4v) is 2.13. The van der Waals surface area contributed by atoms with Gasteiger partial charge in [-0.15, -0.1) is 0 Å². The van der Waals surface area contributed by atoms with E-state index in [0.29, 0.717) is 36.1 Å². The molecule has 0 radical (unpaired) electrons. The molecule has 2 aromatic rings. The zero-order chi connectivity index (χ0) is 16.7. The van der Waals surface area contributed by atoms with Crippen molar-refractivity contribution in [3.05, 3.63) is 48.5 Å². The lowest BCUT2D eigenvalue weighted by molar-refractivity contribution is -0.116. The summed E-state index contributed by atoms with van der Waals surface area (Å²) in [5, 5.41) is 2.91. The molecule has 23 heavy (non-hydrogen) atoms. The van der Waals surface area contributed by atoms with Crippen LogP contribution < -0.4 is 14.8 Å². The van der Waals surface area contributed by atoms with Gasteiger partial charge in [-0.1, -0.05) is 26.0 Å². The predicted molar refractivity (Wildman–Crippen MR) is 92.2 cm³/mol. The van der Waals surface area contributed by atoms with E-state index >= 15 is 0 Å². The van der Waals surface area contributed by atoms with Crippen molar-refractivity contribution in [3.63, 3.8) is 0 Å². The number of amides is 1. The topological polar surface area (TPSA) is 47.6 Å². The molecule has 0 aromatic heterocycles. The van der Waals surface area contributed by atoms with E-state index < -0.39 is 0 Å². The van der Waals surface area contributed by atoms with Crippen LogP contribution in [0, 0.1) is 5.92 Å². The summed E-state index contributed by atoms with van der Waals surface area (Å²) in [7, 11) is 0. The van der Waals surface area contributed by atoms with Crippen LogP contribution in [0.25, 0.3) is 0 Å². The first-order valence-corrected chi connectivity index (χ1v) is 7.88. The minimum absolute atomic E-state index is 0.0113. The van der Waals surface area contributed by atoms with Gasteiger partial charge in [-0.2, -0.15) is 0 Å². The highest BCUT2D eigenvalue weighted by Gasteiger charge is 2.10. The summed E-state index contributed by atoms with van der Waals surface area (Å²) >= 11 is 0. The lowest BCUT2D eigenvalue weighted by Gasteiger charge is -2.13. The molecule has 2 aromatic carbocycles. The third-order valence-corrected chi connectivity index (χ3v) is 3.12. The number of para-hydroxylation sites is 2. The Balaban J connectivity index is 2.09. The van der Waals surface area contributed by atoms with Gasteiger partial charge >= 0.3 is 0 Å². The second kappa shape index (κ2) is 8.22. The monoisotopic (exact) mass is 313 g/mol. The summed E-state index contributed by atoms with van der Waals surface area (Å²) in [5.41, 5.74) is 0.673. The molecule has 0 unspecified atom stereocenters. The Morgan fingerprint density at radius 2 is 1.70 bits per heavy atom. The van der Waals surface area contributed by atoms with E-state index in [-0.39, 0.29) is 5.91 Å². The van der Waals surface area contributed by atoms with E-state index in [1.54, 1.807) is 0 Å². The summed E-state index contributed by atoms with van der Waals surface area (Å²) in [6.07, 6.45) is 0.484. The quantitative estimate of drug-likeness (QED) is 0.794. The van der Waals surface area contributed by atoms with E-state index in [0.717, 1.165) is 5.75 Å². The van der Waals surface area contributed by atoms with Gasteiger partial charge in [0, 0.05) is 6.42 Å². The van der Waals surface area contributed by atoms with Crippen LogP contribution in [0.4, 0.5) is 5.69 Å². The summed E-state index contributed by atoms with van der Waals surface area (Å²) in [6, 6.07) is 14.8. The zero-order valence-electron chi connectivity index (χ0n) is 13.8. The Hall–Kier alpha value is -2.49. The maximum Gasteiger partial charge on any atom is 0.224 e. The number of carbonyl (C=O) groups is 1. The average Bonchev–Trinajstić information content (AvgIpc) is 2.50. The third-order valence-electron chi connectivity index (χ3n) is 3.12. The van der Waals surface area contributed by atoms with Crippen molar-refractivity contribution >= 4 is 11.6 Å². The molecule has 0 aliphatic carbocycles. The Kier molecular flexibility index (Phi) is 6.03. The van der Waals surface area contributed by atoms with Crippen LogP contribution in [-0.4, -0.2) is 12.5 Å². The standard InChI is InChI=1S/C19H23NO3/c1-4-22-15-9-11-16(12-10-15)23-18-8-6-5-7-17(18)20-19(21)13-14(2)3/h5-12,14H,4,13H2,1-3H3,(H,20,21). The van der Waals surface area contributed by atoms with Gasteiger partial charge in [-0.3, -0.25) is 4.79 Å². The minimum atomic E-state index is -0.0113. The van der Waals surface area contributed by atoms with Crippen LogP contribution in [0.5, 0.6) is 17.2 Å². The smallest absolute Gasteiger partial charge is 0.224 e. The van der Waals surface area contributed by atoms with Crippen LogP contribution in [0.1, 0.15) is 27.2 Å². The first-order valence-electron chi connectivity index (χ1n) is 7.88. The Morgan fingerprint density at radius 1 is 1.04 bits per heavy atom. The number of benzene rings is 2. The fourth-order valence-electron chi connectivity index (χ4n) is 2.13. The number of carbonyl (C=O) groups excluding carboxylic acids is 1. The van der Waals surface area contributed by atoms with Crippen molar-refractivity contribution in [1.29, 1.82) is 0 Å². The van der Waals surface area contributed by atoms with Crippen molar-refractivity contribution in [3.8, 4) is 17.2 Å². The van der Waals surface area contributed by atoms with E-state index in [1.165, 1.54) is 0 Å². The molecule has 0 atom stereocenters. The molecular formula is C19H23NO3. The Labute approximate surface area is 137 Å². The Bertz CT molecular complexity index is 635. The summed E-state index contributed by atoms with van der Waals surface area (Å²) in [5.74, 6) is 2.42. The zero-order valence-corrected chi connectivity index (χ0v) is 13.8. The second-order valence-corrected chi connectivity index (χ2v) is 5.65. The SMILES string of the molecule is CCOc1ccc(Oc2ccccc2NC(=O)CC(C)C)cc1. The van der Waals surface area contributed by atoms with Crippen molar-refractivity contribution in [2.45, 2.75) is 27.2 Å². The Morgan fingerprint density at radius 3 is 2.35 bits per heavy atom. The van der Waals surface area contributed by atoms with Gasteiger partial charge < -0.3 is 14.8 Å². The van der Waals surface area contributed by atoms with Gasteiger partial charge in [-0.05, 0) is 49.2 Å². The molecule has 2 rings (SSSR count). The molecule has 0 aliphatic rings. The van der Waals surface area contributed by atoms with E-state index in [9.17, 15) is 4.79 Å². The van der Waals surface area contributed by atoms with Crippen molar-refractivity contribution in [1.82, 2.24) is 0 Å². The predicted octanol–water partition coefficient (Wildman–Crippen LogP) is 4.86. The van der Waals surface area contributed by atoms with E-state index in [4.69, 9.17) is 9.47 Å². The average molecular weight is 313 g/mol. The maximum atomic E-state index is 12.0. The maximum absolute atomic E-state index is 12.0. The van der Waals surface area contributed by atoms with Crippen molar-refractivity contribution < 1.29 is 14.3 Å². The van der Waals surface area contributed by atoms with E-state index in [2.05, 4.69) is 5.32 Å². The first-order chi connectivity index (χ1) is 11.1. The van der Waals surface area contributed by atoms with Crippen LogP contribution in [0.3, 0.4) is 0 Å². The number of anilines is 1. The van der Waals surface area contributed by atoms with Crippen LogP contribution in [0.15, 0.2) is 48.5 Å². The molecule has 0 saturated carbocycles. The van der Waals surface area contributed by atoms with Crippen molar-refractivity contribution in [2.24, 2.45) is 5.92 Å². The van der Waals surface area contributed by atoms with Gasteiger partial charge in [0.05, 0.1) is 12.3 Å². The highest BCUT2D eigenvalue weighted by atomic mass is 16.5. The molecule has 1 amide bonds. The first kappa shape index (κ1) is 16.9. The molecule has 0 aliphatic heterocycles. The normalized spacial score (nSPS) is 10.4. The minimum Gasteiger partial charge on any atom is -0.494 e. The van der Waals surface area contributed by atoms with Crippen LogP contribution >= 0.6 is 0 Å². The molecule has 0 saturated heterocycles. The van der Waals surface area contributed by atoms with Crippen LogP contribution in [-0.2, 0) is 4.79 Å². The molecule has 0 heterocycles. The molecule has 0 spiro atoms. The summed E-state index contributed by atoms with van der Waals surface area (Å²) < 4.78 is 11.3. The second-order valence-electron chi connectivity index (χ2n) is 5.65. The van der Waals surface area contributed by atoms with Crippen molar-refractivity contribution in [2.75, 3.05) is 11.9 Å². The number of nitrogens with one attached hydrogen (secondary N) is 1. The molecule has 122 valence electrons. The van der Waals surface area contributed by atoms with E-state index in [1.807, 2.05) is 69.3 Å². The molecule has 1 N–H and O–H groups in total. The molecule has 0 bridgehead atoms. The molecular weight excluding hydrogens is 290 g/mol. The van der Waals surface area contributed by atoms with Gasteiger partial charge in [0.25, 0.3) is 0 Å². The van der Waals surface area contributed by atoms with Gasteiger partial charge in [-0.25, -0.2) is 0 Å². The van der Waals surface area contributed by atoms with Gasteiger partial charge in [0.1, 0.15) is 11.5 Å². The molecule has 4 nitrogen and oxygen atoms in total. The lowest BCUT2D eigenvalue weighted by atomic mass is 10.1. The van der Waals surface area contributed by atoms with Crippen LogP contribution in [0.2, 0.25) is 0 Å². The molecule has 4 heteroatoms. The summed E-state index contributed by atoms with van der Waals surface area (Å²) in [4.78, 5) is 12.0. The van der Waals surface area contributed by atoms with Gasteiger partial charge in [0.2, 0.25) is 5.91 Å². The molecule has 0 fully saturated rings. The number of rotatable bonds is 7. The summed E-state index contributed by atoms with van der Waals surface area (Å²) in [6.45, 7) is 6.61. The number of ether oxygens (including phenoxy) is 2. The highest BCUT2D eigenvalue weighted by molar-refractivity contribution is 5.92. The lowest BCUT2D eigenvalue weighted by Crippen LogP contribution is -2.14. The number of hydrogen-bond acceptors (Lipinski definition) is 3. The largest absolute Gasteiger partial charge is 0.494 e. The highest BCUT2D eigenvalue weighted by Crippen LogP contribution is 2.30.